The molecule has 0 aliphatic rings. The highest BCUT2D eigenvalue weighted by atomic mass is 32.2. The highest BCUT2D eigenvalue weighted by Crippen LogP contribution is 2.01. The molecule has 0 fully saturated rings. The van der Waals surface area contributed by atoms with E-state index < -0.39 is 9.84 Å². The quantitative estimate of drug-likeness (QED) is 0.341. The van der Waals surface area contributed by atoms with Crippen molar-refractivity contribution in [1.82, 2.24) is 10.3 Å². The van der Waals surface area contributed by atoms with Crippen LogP contribution in [0.2, 0.25) is 0 Å². The maximum Gasteiger partial charge on any atom is 0.251 e. The van der Waals surface area contributed by atoms with E-state index in [1.807, 2.05) is 6.92 Å². The number of nitrogens with two attached hydrogens (primary N) is 1. The molecule has 7 heteroatoms. The van der Waals surface area contributed by atoms with Crippen LogP contribution in [0, 0.1) is 0 Å². The van der Waals surface area contributed by atoms with Crippen molar-refractivity contribution in [3.05, 3.63) is 0 Å². The lowest BCUT2D eigenvalue weighted by Gasteiger charge is -2.24. The number of carbonyl (C=O) groups is 1. The number of rotatable bonds is 6. The van der Waals surface area contributed by atoms with E-state index in [2.05, 4.69) is 5.43 Å². The summed E-state index contributed by atoms with van der Waals surface area (Å²) in [4.78, 5) is 13.0. The molecule has 0 radical (unpaired) electrons. The number of hydrazine groups is 1. The Morgan fingerprint density at radius 2 is 2.07 bits per heavy atom. The molecule has 3 N–H and O–H groups in total. The summed E-state index contributed by atoms with van der Waals surface area (Å²) in [5, 5.41) is 0. The zero-order valence-corrected chi connectivity index (χ0v) is 10.2. The van der Waals surface area contributed by atoms with Crippen LogP contribution < -0.4 is 11.3 Å². The lowest BCUT2D eigenvalue weighted by molar-refractivity contribution is -0.126. The summed E-state index contributed by atoms with van der Waals surface area (Å²) < 4.78 is 21.9. The van der Waals surface area contributed by atoms with Crippen LogP contribution in [0.1, 0.15) is 13.3 Å². The molecule has 0 aromatic rings. The fourth-order valence-corrected chi connectivity index (χ4v) is 1.88. The van der Waals surface area contributed by atoms with Crippen molar-refractivity contribution < 1.29 is 13.2 Å². The number of sulfone groups is 1. The zero-order valence-electron chi connectivity index (χ0n) is 9.36. The van der Waals surface area contributed by atoms with Gasteiger partial charge in [-0.25, -0.2) is 14.3 Å². The molecule has 0 spiro atoms. The maximum atomic E-state index is 11.3. The Hall–Kier alpha value is -0.660. The van der Waals surface area contributed by atoms with Gasteiger partial charge < -0.3 is 0 Å². The van der Waals surface area contributed by atoms with Crippen molar-refractivity contribution in [2.24, 2.45) is 5.84 Å². The van der Waals surface area contributed by atoms with E-state index in [1.54, 1.807) is 11.9 Å². The SMILES string of the molecule is CCC(C(=O)NN)N(C)CCS(C)(=O)=O. The van der Waals surface area contributed by atoms with Crippen molar-refractivity contribution in [2.75, 3.05) is 25.6 Å². The summed E-state index contributed by atoms with van der Waals surface area (Å²) in [6, 6.07) is -0.378. The van der Waals surface area contributed by atoms with E-state index in [9.17, 15) is 13.2 Å². The van der Waals surface area contributed by atoms with Gasteiger partial charge in [0, 0.05) is 12.8 Å². The zero-order chi connectivity index (χ0) is 12.1. The normalized spacial score (nSPS) is 13.9. The topological polar surface area (TPSA) is 92.5 Å². The Labute approximate surface area is 90.7 Å². The molecule has 0 bridgehead atoms. The number of nitrogens with zero attached hydrogens (tertiary/aromatic N) is 1. The molecule has 1 atom stereocenters. The second-order valence-corrected chi connectivity index (χ2v) is 5.80. The van der Waals surface area contributed by atoms with E-state index in [0.717, 1.165) is 0 Å². The second-order valence-electron chi connectivity index (χ2n) is 3.54. The summed E-state index contributed by atoms with van der Waals surface area (Å²) in [7, 11) is -1.30. The van der Waals surface area contributed by atoms with Gasteiger partial charge >= 0.3 is 0 Å². The number of hydrogen-bond acceptors (Lipinski definition) is 5. The van der Waals surface area contributed by atoms with Gasteiger partial charge in [-0.05, 0) is 13.5 Å². The molecule has 90 valence electrons. The van der Waals surface area contributed by atoms with Crippen molar-refractivity contribution in [1.29, 1.82) is 0 Å². The van der Waals surface area contributed by atoms with Gasteiger partial charge in [-0.1, -0.05) is 6.92 Å². The molecular weight excluding hydrogens is 218 g/mol. The second kappa shape index (κ2) is 6.04. The van der Waals surface area contributed by atoms with Gasteiger partial charge in [0.15, 0.2) is 0 Å². The number of hydrogen-bond donors (Lipinski definition) is 2. The fraction of sp³-hybridized carbons (Fsp3) is 0.875. The highest BCUT2D eigenvalue weighted by Gasteiger charge is 2.20. The summed E-state index contributed by atoms with van der Waals surface area (Å²) >= 11 is 0. The number of likely N-dealkylation sites (N-methyl/N-ethyl adjacent to an activating group) is 1. The lowest BCUT2D eigenvalue weighted by atomic mass is 10.2. The Balaban J connectivity index is 4.28. The standard InChI is InChI=1S/C8H19N3O3S/c1-4-7(8(12)10-9)11(2)5-6-15(3,13)14/h7H,4-6,9H2,1-3H3,(H,10,12). The van der Waals surface area contributed by atoms with Gasteiger partial charge in [-0.3, -0.25) is 15.1 Å². The number of nitrogens with one attached hydrogen (secondary N) is 1. The van der Waals surface area contributed by atoms with Gasteiger partial charge in [0.05, 0.1) is 11.8 Å². The van der Waals surface area contributed by atoms with Crippen molar-refractivity contribution in [3.8, 4) is 0 Å². The molecule has 0 aromatic carbocycles. The van der Waals surface area contributed by atoms with Crippen LogP contribution in [-0.2, 0) is 14.6 Å². The first kappa shape index (κ1) is 14.3. The largest absolute Gasteiger partial charge is 0.294 e. The van der Waals surface area contributed by atoms with Crippen molar-refractivity contribution >= 4 is 15.7 Å². The van der Waals surface area contributed by atoms with Crippen LogP contribution in [0.15, 0.2) is 0 Å². The Morgan fingerprint density at radius 3 is 2.40 bits per heavy atom. The third kappa shape index (κ3) is 5.71. The summed E-state index contributed by atoms with van der Waals surface area (Å²) in [5.41, 5.74) is 2.06. The Morgan fingerprint density at radius 1 is 1.53 bits per heavy atom. The lowest BCUT2D eigenvalue weighted by Crippen LogP contribution is -2.48. The van der Waals surface area contributed by atoms with Crippen LogP contribution in [0.25, 0.3) is 0 Å². The van der Waals surface area contributed by atoms with E-state index in [4.69, 9.17) is 5.84 Å². The minimum absolute atomic E-state index is 0.0395. The molecular formula is C8H19N3O3S. The average Bonchev–Trinajstić information content (AvgIpc) is 2.14. The summed E-state index contributed by atoms with van der Waals surface area (Å²) in [5.74, 6) is 4.77. The van der Waals surface area contributed by atoms with Gasteiger partial charge in [0.1, 0.15) is 9.84 Å². The minimum atomic E-state index is -3.00. The van der Waals surface area contributed by atoms with E-state index in [-0.39, 0.29) is 17.7 Å². The molecule has 15 heavy (non-hydrogen) atoms. The van der Waals surface area contributed by atoms with Crippen molar-refractivity contribution in [2.45, 2.75) is 19.4 Å². The van der Waals surface area contributed by atoms with Crippen molar-refractivity contribution in [3.63, 3.8) is 0 Å². The van der Waals surface area contributed by atoms with E-state index in [1.165, 1.54) is 6.26 Å². The monoisotopic (exact) mass is 237 g/mol. The highest BCUT2D eigenvalue weighted by molar-refractivity contribution is 7.90. The maximum absolute atomic E-state index is 11.3. The van der Waals surface area contributed by atoms with Gasteiger partial charge in [0.25, 0.3) is 5.91 Å². The first-order valence-corrected chi connectivity index (χ1v) is 6.76. The summed E-state index contributed by atoms with van der Waals surface area (Å²) in [6.45, 7) is 2.17. The van der Waals surface area contributed by atoms with Gasteiger partial charge in [-0.2, -0.15) is 0 Å². The van der Waals surface area contributed by atoms with Crippen LogP contribution in [0.3, 0.4) is 0 Å². The predicted molar refractivity (Wildman–Crippen MR) is 58.7 cm³/mol. The van der Waals surface area contributed by atoms with Gasteiger partial charge in [-0.15, -0.1) is 0 Å². The smallest absolute Gasteiger partial charge is 0.251 e. The van der Waals surface area contributed by atoms with E-state index in [0.29, 0.717) is 13.0 Å². The van der Waals surface area contributed by atoms with Crippen LogP contribution in [-0.4, -0.2) is 50.9 Å². The van der Waals surface area contributed by atoms with Crippen LogP contribution in [0.5, 0.6) is 0 Å². The van der Waals surface area contributed by atoms with Crippen LogP contribution in [0.4, 0.5) is 0 Å². The third-order valence-corrected chi connectivity index (χ3v) is 3.10. The average molecular weight is 237 g/mol. The fourth-order valence-electron chi connectivity index (χ4n) is 1.26. The Bertz CT molecular complexity index is 302. The molecule has 0 heterocycles. The molecule has 0 saturated carbocycles. The summed E-state index contributed by atoms with van der Waals surface area (Å²) in [6.07, 6.45) is 1.76. The molecule has 0 aliphatic heterocycles. The van der Waals surface area contributed by atoms with Gasteiger partial charge in [0.2, 0.25) is 0 Å². The number of carbonyl (C=O) groups excluding carboxylic acids is 1. The molecule has 0 saturated heterocycles. The predicted octanol–water partition coefficient (Wildman–Crippen LogP) is -1.27. The molecule has 0 aliphatic carbocycles. The molecule has 1 amide bonds. The van der Waals surface area contributed by atoms with E-state index >= 15 is 0 Å². The molecule has 0 aromatic heterocycles. The molecule has 1 unspecified atom stereocenters. The molecule has 0 rings (SSSR count). The Kier molecular flexibility index (Phi) is 5.77. The third-order valence-electron chi connectivity index (χ3n) is 2.18. The molecule has 6 nitrogen and oxygen atoms in total. The first-order chi connectivity index (χ1) is 6.81. The minimum Gasteiger partial charge on any atom is -0.294 e. The first-order valence-electron chi connectivity index (χ1n) is 4.70. The van der Waals surface area contributed by atoms with Crippen LogP contribution >= 0.6 is 0 Å². The number of amides is 1.